The quantitative estimate of drug-likeness (QED) is 0.805. The molecule has 2 atom stereocenters. The lowest BCUT2D eigenvalue weighted by Gasteiger charge is -2.28. The highest BCUT2D eigenvalue weighted by Gasteiger charge is 2.38. The molecule has 1 fully saturated rings. The van der Waals surface area contributed by atoms with Crippen molar-refractivity contribution >= 4 is 27.9 Å². The highest BCUT2D eigenvalue weighted by atomic mass is 79.9. The van der Waals surface area contributed by atoms with Crippen molar-refractivity contribution in [1.29, 1.82) is 0 Å². The standard InChI is InChI=1S/C19H25BrN2O3/c1-19(2,3)25-18(24)22-11-5-8-16(22)17(23)21-15-10-9-12-13(15)6-4-7-14(12)20/h4,6-7,15-16H,5,8-11H2,1-3H3,(H,21,23). The van der Waals surface area contributed by atoms with E-state index in [4.69, 9.17) is 4.74 Å². The third-order valence-electron chi connectivity index (χ3n) is 4.71. The van der Waals surface area contributed by atoms with Crippen LogP contribution in [-0.4, -0.2) is 35.1 Å². The molecule has 6 heteroatoms. The Balaban J connectivity index is 1.68. The van der Waals surface area contributed by atoms with Gasteiger partial charge in [0.1, 0.15) is 11.6 Å². The van der Waals surface area contributed by atoms with Gasteiger partial charge >= 0.3 is 6.09 Å². The highest BCUT2D eigenvalue weighted by Crippen LogP contribution is 2.36. The topological polar surface area (TPSA) is 58.6 Å². The number of halogens is 1. The van der Waals surface area contributed by atoms with E-state index >= 15 is 0 Å². The van der Waals surface area contributed by atoms with Crippen molar-refractivity contribution in [3.63, 3.8) is 0 Å². The Labute approximate surface area is 157 Å². The van der Waals surface area contributed by atoms with E-state index in [2.05, 4.69) is 27.3 Å². The normalized spacial score (nSPS) is 22.6. The van der Waals surface area contributed by atoms with Crippen LogP contribution in [0.5, 0.6) is 0 Å². The number of amides is 2. The van der Waals surface area contributed by atoms with E-state index in [1.165, 1.54) is 11.1 Å². The molecule has 2 unspecified atom stereocenters. The van der Waals surface area contributed by atoms with Crippen molar-refractivity contribution in [3.05, 3.63) is 33.8 Å². The van der Waals surface area contributed by atoms with Gasteiger partial charge in [-0.15, -0.1) is 0 Å². The van der Waals surface area contributed by atoms with Crippen LogP contribution in [0.3, 0.4) is 0 Å². The van der Waals surface area contributed by atoms with Crippen LogP contribution in [0.1, 0.15) is 57.2 Å². The third-order valence-corrected chi connectivity index (χ3v) is 5.46. The number of hydrogen-bond acceptors (Lipinski definition) is 3. The maximum Gasteiger partial charge on any atom is 0.410 e. The fraction of sp³-hybridized carbons (Fsp3) is 0.579. The molecule has 2 aliphatic rings. The van der Waals surface area contributed by atoms with Crippen LogP contribution in [0.4, 0.5) is 4.79 Å². The summed E-state index contributed by atoms with van der Waals surface area (Å²) < 4.78 is 6.54. The number of ether oxygens (including phenoxy) is 1. The molecule has 1 aromatic carbocycles. The number of carbonyl (C=O) groups is 2. The number of fused-ring (bicyclic) bond motifs is 1. The number of hydrogen-bond donors (Lipinski definition) is 1. The molecule has 2 amide bonds. The maximum absolute atomic E-state index is 12.8. The van der Waals surface area contributed by atoms with Crippen molar-refractivity contribution < 1.29 is 14.3 Å². The molecule has 1 saturated heterocycles. The first-order valence-electron chi connectivity index (χ1n) is 8.83. The minimum Gasteiger partial charge on any atom is -0.444 e. The van der Waals surface area contributed by atoms with Crippen molar-refractivity contribution in [3.8, 4) is 0 Å². The molecule has 0 saturated carbocycles. The molecule has 1 aliphatic heterocycles. The average Bonchev–Trinajstić information content (AvgIpc) is 3.13. The van der Waals surface area contributed by atoms with Gasteiger partial charge in [-0.25, -0.2) is 4.79 Å². The van der Waals surface area contributed by atoms with Gasteiger partial charge in [-0.05, 0) is 63.6 Å². The molecule has 136 valence electrons. The second-order valence-electron chi connectivity index (χ2n) is 7.74. The Bertz CT molecular complexity index is 684. The Kier molecular flexibility index (Phi) is 5.09. The van der Waals surface area contributed by atoms with Crippen LogP contribution in [0, 0.1) is 0 Å². The molecule has 1 N–H and O–H groups in total. The van der Waals surface area contributed by atoms with Crippen LogP contribution in [0.25, 0.3) is 0 Å². The summed E-state index contributed by atoms with van der Waals surface area (Å²) in [5, 5.41) is 3.14. The minimum absolute atomic E-state index is 0.0149. The molecule has 1 aromatic rings. The maximum atomic E-state index is 12.8. The van der Waals surface area contributed by atoms with Gasteiger partial charge in [-0.3, -0.25) is 9.69 Å². The Hall–Kier alpha value is -1.56. The number of benzene rings is 1. The predicted octanol–water partition coefficient (Wildman–Crippen LogP) is 3.95. The molecular weight excluding hydrogens is 384 g/mol. The molecule has 1 heterocycles. The van der Waals surface area contributed by atoms with Crippen LogP contribution in [-0.2, 0) is 16.0 Å². The number of carbonyl (C=O) groups excluding carboxylic acids is 2. The summed E-state index contributed by atoms with van der Waals surface area (Å²) in [6.45, 7) is 6.08. The van der Waals surface area contributed by atoms with E-state index in [1.807, 2.05) is 32.9 Å². The van der Waals surface area contributed by atoms with E-state index in [0.29, 0.717) is 13.0 Å². The third kappa shape index (κ3) is 4.00. The van der Waals surface area contributed by atoms with E-state index in [0.717, 1.165) is 23.7 Å². The summed E-state index contributed by atoms with van der Waals surface area (Å²) in [6.07, 6.45) is 2.94. The molecular formula is C19H25BrN2O3. The van der Waals surface area contributed by atoms with Crippen LogP contribution in [0.2, 0.25) is 0 Å². The SMILES string of the molecule is CC(C)(C)OC(=O)N1CCCC1C(=O)NC1CCc2c(Br)cccc21. The number of rotatable bonds is 2. The van der Waals surface area contributed by atoms with Crippen LogP contribution < -0.4 is 5.32 Å². The van der Waals surface area contributed by atoms with E-state index in [-0.39, 0.29) is 11.9 Å². The van der Waals surface area contributed by atoms with Gasteiger partial charge in [0.15, 0.2) is 0 Å². The molecule has 5 nitrogen and oxygen atoms in total. The summed E-state index contributed by atoms with van der Waals surface area (Å²) in [5.74, 6) is -0.0822. The minimum atomic E-state index is -0.558. The molecule has 0 spiro atoms. The van der Waals surface area contributed by atoms with Crippen molar-refractivity contribution in [1.82, 2.24) is 10.2 Å². The summed E-state index contributed by atoms with van der Waals surface area (Å²) in [7, 11) is 0. The predicted molar refractivity (Wildman–Crippen MR) is 99.3 cm³/mol. The smallest absolute Gasteiger partial charge is 0.410 e. The summed E-state index contributed by atoms with van der Waals surface area (Å²) in [6, 6.07) is 5.67. The van der Waals surface area contributed by atoms with Crippen LogP contribution in [0.15, 0.2) is 22.7 Å². The van der Waals surface area contributed by atoms with Crippen LogP contribution >= 0.6 is 15.9 Å². The zero-order valence-electron chi connectivity index (χ0n) is 15.0. The Morgan fingerprint density at radius 3 is 2.76 bits per heavy atom. The zero-order valence-corrected chi connectivity index (χ0v) is 16.6. The molecule has 0 radical (unpaired) electrons. The lowest BCUT2D eigenvalue weighted by Crippen LogP contribution is -2.48. The van der Waals surface area contributed by atoms with Crippen molar-refractivity contribution in [2.45, 2.75) is 64.1 Å². The highest BCUT2D eigenvalue weighted by molar-refractivity contribution is 9.10. The first kappa shape index (κ1) is 18.2. The Morgan fingerprint density at radius 1 is 1.28 bits per heavy atom. The van der Waals surface area contributed by atoms with Gasteiger partial charge in [0.25, 0.3) is 0 Å². The van der Waals surface area contributed by atoms with E-state index in [1.54, 1.807) is 4.90 Å². The lowest BCUT2D eigenvalue weighted by molar-refractivity contribution is -0.126. The molecule has 0 aromatic heterocycles. The van der Waals surface area contributed by atoms with Gasteiger partial charge in [-0.2, -0.15) is 0 Å². The fourth-order valence-electron chi connectivity index (χ4n) is 3.61. The summed E-state index contributed by atoms with van der Waals surface area (Å²) in [5.41, 5.74) is 1.88. The number of nitrogens with zero attached hydrogens (tertiary/aromatic N) is 1. The monoisotopic (exact) mass is 408 g/mol. The number of likely N-dealkylation sites (tertiary alicyclic amines) is 1. The first-order valence-corrected chi connectivity index (χ1v) is 9.63. The van der Waals surface area contributed by atoms with Gasteiger partial charge in [0.05, 0.1) is 6.04 Å². The molecule has 25 heavy (non-hydrogen) atoms. The second-order valence-corrected chi connectivity index (χ2v) is 8.59. The Morgan fingerprint density at radius 2 is 2.04 bits per heavy atom. The van der Waals surface area contributed by atoms with Gasteiger partial charge < -0.3 is 10.1 Å². The average molecular weight is 409 g/mol. The molecule has 0 bridgehead atoms. The molecule has 3 rings (SSSR count). The zero-order chi connectivity index (χ0) is 18.2. The largest absolute Gasteiger partial charge is 0.444 e. The second kappa shape index (κ2) is 6.98. The van der Waals surface area contributed by atoms with E-state index in [9.17, 15) is 9.59 Å². The lowest BCUT2D eigenvalue weighted by atomic mass is 10.1. The first-order chi connectivity index (χ1) is 11.8. The van der Waals surface area contributed by atoms with Gasteiger partial charge in [0.2, 0.25) is 5.91 Å². The van der Waals surface area contributed by atoms with Gasteiger partial charge in [-0.1, -0.05) is 28.1 Å². The fourth-order valence-corrected chi connectivity index (χ4v) is 4.19. The summed E-state index contributed by atoms with van der Waals surface area (Å²) >= 11 is 3.58. The van der Waals surface area contributed by atoms with Gasteiger partial charge in [0, 0.05) is 11.0 Å². The van der Waals surface area contributed by atoms with Crippen molar-refractivity contribution in [2.75, 3.05) is 6.54 Å². The van der Waals surface area contributed by atoms with E-state index < -0.39 is 17.7 Å². The van der Waals surface area contributed by atoms with Crippen molar-refractivity contribution in [2.24, 2.45) is 0 Å². The number of nitrogens with one attached hydrogen (secondary N) is 1. The summed E-state index contributed by atoms with van der Waals surface area (Å²) in [4.78, 5) is 26.7. The molecule has 1 aliphatic carbocycles.